The van der Waals surface area contributed by atoms with Gasteiger partial charge in [-0.25, -0.2) is 4.98 Å². The lowest BCUT2D eigenvalue weighted by Crippen LogP contribution is -1.99. The molecule has 0 aliphatic rings. The van der Waals surface area contributed by atoms with E-state index in [-0.39, 0.29) is 16.7 Å². The van der Waals surface area contributed by atoms with Crippen LogP contribution in [0.3, 0.4) is 0 Å². The Bertz CT molecular complexity index is 1440. The first-order chi connectivity index (χ1) is 16.8. The van der Waals surface area contributed by atoms with E-state index in [1.807, 2.05) is 0 Å². The molecule has 0 radical (unpaired) electrons. The van der Waals surface area contributed by atoms with Crippen molar-refractivity contribution in [1.82, 2.24) is 4.98 Å². The summed E-state index contributed by atoms with van der Waals surface area (Å²) in [5.41, 5.74) is 1.13. The summed E-state index contributed by atoms with van der Waals surface area (Å²) < 4.78 is 16.3. The van der Waals surface area contributed by atoms with Gasteiger partial charge in [-0.15, -0.1) is 0 Å². The minimum absolute atomic E-state index is 0.0402. The van der Waals surface area contributed by atoms with Crippen LogP contribution >= 0.6 is 0 Å². The SMILES string of the molecule is COc1cc(-c2nc3cc([N+](=O)[O-])cc([N+](=O)[O-])c3cc2-c2ccc(O)cc2)cc(OC)c1OC. The number of nitro benzene ring substituents is 2. The number of non-ortho nitro benzene ring substituents is 2. The predicted molar refractivity (Wildman–Crippen MR) is 127 cm³/mol. The van der Waals surface area contributed by atoms with Crippen molar-refractivity contribution in [3.05, 3.63) is 74.8 Å². The van der Waals surface area contributed by atoms with E-state index in [2.05, 4.69) is 4.98 Å². The molecule has 1 heterocycles. The number of hydrogen-bond donors (Lipinski definition) is 1. The molecule has 1 aromatic heterocycles. The number of aromatic hydroxyl groups is 1. The van der Waals surface area contributed by atoms with Crippen molar-refractivity contribution in [1.29, 1.82) is 0 Å². The summed E-state index contributed by atoms with van der Waals surface area (Å²) >= 11 is 0. The molecule has 178 valence electrons. The van der Waals surface area contributed by atoms with Gasteiger partial charge >= 0.3 is 0 Å². The zero-order valence-electron chi connectivity index (χ0n) is 18.8. The number of pyridine rings is 1. The molecule has 0 bridgehead atoms. The fraction of sp³-hybridized carbons (Fsp3) is 0.125. The van der Waals surface area contributed by atoms with Gasteiger partial charge in [0.25, 0.3) is 11.4 Å². The van der Waals surface area contributed by atoms with Crippen LogP contribution in [0.15, 0.2) is 54.6 Å². The van der Waals surface area contributed by atoms with Gasteiger partial charge in [-0.2, -0.15) is 0 Å². The minimum Gasteiger partial charge on any atom is -0.508 e. The van der Waals surface area contributed by atoms with Crippen molar-refractivity contribution in [3.63, 3.8) is 0 Å². The van der Waals surface area contributed by atoms with Crippen molar-refractivity contribution in [2.75, 3.05) is 21.3 Å². The van der Waals surface area contributed by atoms with E-state index < -0.39 is 21.2 Å². The van der Waals surface area contributed by atoms with Gasteiger partial charge in [-0.1, -0.05) is 12.1 Å². The molecule has 11 heteroatoms. The van der Waals surface area contributed by atoms with Crippen molar-refractivity contribution < 1.29 is 29.2 Å². The zero-order chi connectivity index (χ0) is 25.3. The Morgan fingerprint density at radius 1 is 0.800 bits per heavy atom. The van der Waals surface area contributed by atoms with E-state index in [4.69, 9.17) is 14.2 Å². The first-order valence-corrected chi connectivity index (χ1v) is 10.1. The van der Waals surface area contributed by atoms with Crippen LogP contribution in [-0.2, 0) is 0 Å². The number of nitro groups is 2. The molecule has 0 saturated heterocycles. The molecule has 0 saturated carbocycles. The second kappa shape index (κ2) is 9.14. The standard InChI is InChI=1S/C24H19N3O8/c1-33-21-8-14(9-22(34-2)24(21)35-3)23-17(13-4-6-16(28)7-5-13)12-18-19(25-23)10-15(26(29)30)11-20(18)27(31)32/h4-12,28H,1-3H3. The van der Waals surface area contributed by atoms with Crippen LogP contribution in [0.5, 0.6) is 23.0 Å². The predicted octanol–water partition coefficient (Wildman–Crippen LogP) is 5.12. The van der Waals surface area contributed by atoms with Crippen LogP contribution in [0.4, 0.5) is 11.4 Å². The number of nitrogens with zero attached hydrogens (tertiary/aromatic N) is 3. The maximum Gasteiger partial charge on any atom is 0.285 e. The van der Waals surface area contributed by atoms with Gasteiger partial charge in [0.2, 0.25) is 5.75 Å². The number of phenolic OH excluding ortho intramolecular Hbond substituents is 1. The number of aromatic nitrogens is 1. The van der Waals surface area contributed by atoms with E-state index in [1.165, 1.54) is 39.5 Å². The lowest BCUT2D eigenvalue weighted by molar-refractivity contribution is -0.393. The summed E-state index contributed by atoms with van der Waals surface area (Å²) in [5.74, 6) is 1.10. The molecule has 0 unspecified atom stereocenters. The third-order valence-electron chi connectivity index (χ3n) is 5.42. The van der Waals surface area contributed by atoms with Crippen LogP contribution in [-0.4, -0.2) is 41.3 Å². The molecule has 0 amide bonds. The summed E-state index contributed by atoms with van der Waals surface area (Å²) in [5, 5.41) is 33.0. The number of hydrogen-bond acceptors (Lipinski definition) is 9. The summed E-state index contributed by atoms with van der Waals surface area (Å²) in [7, 11) is 4.39. The monoisotopic (exact) mass is 477 g/mol. The first-order valence-electron chi connectivity index (χ1n) is 10.1. The van der Waals surface area contributed by atoms with E-state index in [0.29, 0.717) is 39.6 Å². The summed E-state index contributed by atoms with van der Waals surface area (Å²) in [4.78, 5) is 26.4. The summed E-state index contributed by atoms with van der Waals surface area (Å²) in [6.07, 6.45) is 0. The first kappa shape index (κ1) is 23.2. The average Bonchev–Trinajstić information content (AvgIpc) is 2.86. The zero-order valence-corrected chi connectivity index (χ0v) is 18.8. The van der Waals surface area contributed by atoms with Gasteiger partial charge in [-0.05, 0) is 35.9 Å². The Balaban J connectivity index is 2.12. The summed E-state index contributed by atoms with van der Waals surface area (Å²) in [6, 6.07) is 13.2. The average molecular weight is 477 g/mol. The Morgan fingerprint density at radius 3 is 1.94 bits per heavy atom. The second-order valence-electron chi connectivity index (χ2n) is 7.39. The number of benzene rings is 3. The maximum absolute atomic E-state index is 11.7. The molecule has 11 nitrogen and oxygen atoms in total. The maximum atomic E-state index is 11.7. The quantitative estimate of drug-likeness (QED) is 0.283. The van der Waals surface area contributed by atoms with Crippen molar-refractivity contribution in [2.45, 2.75) is 0 Å². The van der Waals surface area contributed by atoms with E-state index in [0.717, 1.165) is 6.07 Å². The molecular weight excluding hydrogens is 458 g/mol. The topological polar surface area (TPSA) is 147 Å². The number of ether oxygens (including phenoxy) is 3. The van der Waals surface area contributed by atoms with Crippen LogP contribution in [0.25, 0.3) is 33.3 Å². The highest BCUT2D eigenvalue weighted by molar-refractivity contribution is 5.97. The Hall–Kier alpha value is -4.93. The van der Waals surface area contributed by atoms with Gasteiger partial charge in [0.15, 0.2) is 11.5 Å². The fourth-order valence-electron chi connectivity index (χ4n) is 3.80. The van der Waals surface area contributed by atoms with E-state index in [9.17, 15) is 25.3 Å². The molecule has 0 atom stereocenters. The van der Waals surface area contributed by atoms with Gasteiger partial charge in [0.1, 0.15) is 5.75 Å². The molecule has 0 fully saturated rings. The molecule has 3 aromatic carbocycles. The van der Waals surface area contributed by atoms with Crippen LogP contribution in [0.2, 0.25) is 0 Å². The molecule has 0 spiro atoms. The molecule has 0 aliphatic carbocycles. The van der Waals surface area contributed by atoms with Crippen LogP contribution < -0.4 is 14.2 Å². The molecule has 4 aromatic rings. The van der Waals surface area contributed by atoms with Crippen molar-refractivity contribution >= 4 is 22.3 Å². The molecule has 0 aliphatic heterocycles. The van der Waals surface area contributed by atoms with Gasteiger partial charge in [-0.3, -0.25) is 20.2 Å². The second-order valence-corrected chi connectivity index (χ2v) is 7.39. The van der Waals surface area contributed by atoms with Gasteiger partial charge < -0.3 is 19.3 Å². The molecular formula is C24H19N3O8. The molecule has 35 heavy (non-hydrogen) atoms. The van der Waals surface area contributed by atoms with Crippen LogP contribution in [0, 0.1) is 20.2 Å². The molecule has 4 rings (SSSR count). The summed E-state index contributed by atoms with van der Waals surface area (Å²) in [6.45, 7) is 0. The number of fused-ring (bicyclic) bond motifs is 1. The highest BCUT2D eigenvalue weighted by atomic mass is 16.6. The lowest BCUT2D eigenvalue weighted by Gasteiger charge is -2.16. The van der Waals surface area contributed by atoms with E-state index in [1.54, 1.807) is 30.3 Å². The van der Waals surface area contributed by atoms with Gasteiger partial charge in [0, 0.05) is 17.2 Å². The Labute approximate surface area is 198 Å². The number of methoxy groups -OCH3 is 3. The fourth-order valence-corrected chi connectivity index (χ4v) is 3.80. The van der Waals surface area contributed by atoms with Crippen LogP contribution in [0.1, 0.15) is 0 Å². The Kier molecular flexibility index (Phi) is 6.07. The number of rotatable bonds is 7. The highest BCUT2D eigenvalue weighted by Gasteiger charge is 2.24. The Morgan fingerprint density at radius 2 is 1.43 bits per heavy atom. The smallest absolute Gasteiger partial charge is 0.285 e. The number of phenols is 1. The van der Waals surface area contributed by atoms with Crippen molar-refractivity contribution in [2.24, 2.45) is 0 Å². The third-order valence-corrected chi connectivity index (χ3v) is 5.42. The normalized spacial score (nSPS) is 10.7. The lowest BCUT2D eigenvalue weighted by atomic mass is 9.96. The highest BCUT2D eigenvalue weighted by Crippen LogP contribution is 2.44. The largest absolute Gasteiger partial charge is 0.508 e. The van der Waals surface area contributed by atoms with E-state index >= 15 is 0 Å². The van der Waals surface area contributed by atoms with Gasteiger partial charge in [0.05, 0.1) is 53.8 Å². The van der Waals surface area contributed by atoms with Crippen molar-refractivity contribution in [3.8, 4) is 45.4 Å². The third kappa shape index (κ3) is 4.22. The minimum atomic E-state index is -0.707. The molecule has 1 N–H and O–H groups in total.